The molecule has 0 saturated heterocycles. The third-order valence-corrected chi connectivity index (χ3v) is 3.42. The van der Waals surface area contributed by atoms with Gasteiger partial charge in [0.25, 0.3) is 5.91 Å². The molecule has 0 aliphatic carbocycles. The van der Waals surface area contributed by atoms with Crippen LogP contribution < -0.4 is 10.1 Å². The van der Waals surface area contributed by atoms with E-state index < -0.39 is 18.0 Å². The van der Waals surface area contributed by atoms with Crippen LogP contribution in [0.1, 0.15) is 6.92 Å². The summed E-state index contributed by atoms with van der Waals surface area (Å²) in [6.07, 6.45) is -0.906. The quantitative estimate of drug-likeness (QED) is 0.783. The van der Waals surface area contributed by atoms with E-state index in [-0.39, 0.29) is 6.61 Å². The molecule has 0 heterocycles. The number of carbonyl (C=O) groups is 2. The van der Waals surface area contributed by atoms with E-state index >= 15 is 0 Å². The van der Waals surface area contributed by atoms with Gasteiger partial charge in [-0.05, 0) is 43.3 Å². The molecule has 6 heteroatoms. The van der Waals surface area contributed by atoms with Crippen LogP contribution in [0.15, 0.2) is 59.1 Å². The molecule has 1 N–H and O–H groups in total. The Bertz CT molecular complexity index is 658. The van der Waals surface area contributed by atoms with Crippen LogP contribution >= 0.6 is 15.9 Å². The molecule has 0 saturated carbocycles. The van der Waals surface area contributed by atoms with E-state index in [4.69, 9.17) is 9.47 Å². The first kappa shape index (κ1) is 17.0. The van der Waals surface area contributed by atoms with Crippen molar-refractivity contribution >= 4 is 33.5 Å². The van der Waals surface area contributed by atoms with E-state index in [2.05, 4.69) is 21.2 Å². The van der Waals surface area contributed by atoms with Crippen molar-refractivity contribution < 1.29 is 19.1 Å². The van der Waals surface area contributed by atoms with E-state index in [1.54, 1.807) is 48.5 Å². The van der Waals surface area contributed by atoms with Gasteiger partial charge in [-0.15, -0.1) is 0 Å². The van der Waals surface area contributed by atoms with E-state index in [0.29, 0.717) is 11.4 Å². The Kier molecular flexibility index (Phi) is 6.17. The van der Waals surface area contributed by atoms with Crippen molar-refractivity contribution in [3.8, 4) is 5.75 Å². The van der Waals surface area contributed by atoms with Gasteiger partial charge in [0.2, 0.25) is 0 Å². The number of nitrogens with one attached hydrogen (secondary N) is 1. The summed E-state index contributed by atoms with van der Waals surface area (Å²) < 4.78 is 11.3. The van der Waals surface area contributed by atoms with Crippen molar-refractivity contribution in [2.24, 2.45) is 0 Å². The summed E-state index contributed by atoms with van der Waals surface area (Å²) in [7, 11) is 0. The summed E-state index contributed by atoms with van der Waals surface area (Å²) in [6.45, 7) is 1.25. The highest BCUT2D eigenvalue weighted by atomic mass is 79.9. The van der Waals surface area contributed by atoms with Gasteiger partial charge in [0.15, 0.2) is 12.7 Å². The smallest absolute Gasteiger partial charge is 0.344 e. The highest BCUT2D eigenvalue weighted by molar-refractivity contribution is 9.10. The van der Waals surface area contributed by atoms with Gasteiger partial charge in [0.05, 0.1) is 0 Å². The molecule has 0 spiro atoms. The highest BCUT2D eigenvalue weighted by Crippen LogP contribution is 2.16. The van der Waals surface area contributed by atoms with Crippen molar-refractivity contribution in [1.82, 2.24) is 0 Å². The van der Waals surface area contributed by atoms with Gasteiger partial charge in [-0.2, -0.15) is 0 Å². The summed E-state index contributed by atoms with van der Waals surface area (Å²) in [5.74, 6) is -0.455. The summed E-state index contributed by atoms with van der Waals surface area (Å²) >= 11 is 3.31. The molecular weight excluding hydrogens is 362 g/mol. The molecule has 1 unspecified atom stereocenters. The average molecular weight is 378 g/mol. The zero-order valence-corrected chi connectivity index (χ0v) is 14.1. The Morgan fingerprint density at radius 2 is 1.74 bits per heavy atom. The number of esters is 1. The minimum atomic E-state index is -0.906. The van der Waals surface area contributed by atoms with Crippen molar-refractivity contribution in [1.29, 1.82) is 0 Å². The lowest BCUT2D eigenvalue weighted by molar-refractivity contribution is -0.155. The van der Waals surface area contributed by atoms with Gasteiger partial charge in [-0.25, -0.2) is 4.79 Å². The predicted molar refractivity (Wildman–Crippen MR) is 90.3 cm³/mol. The van der Waals surface area contributed by atoms with E-state index in [1.165, 1.54) is 6.92 Å². The molecule has 2 rings (SSSR count). The minimum Gasteiger partial charge on any atom is -0.482 e. The first-order valence-corrected chi connectivity index (χ1v) is 7.77. The lowest BCUT2D eigenvalue weighted by Crippen LogP contribution is -2.31. The highest BCUT2D eigenvalue weighted by Gasteiger charge is 2.18. The van der Waals surface area contributed by atoms with Crippen LogP contribution in [0, 0.1) is 0 Å². The molecule has 1 amide bonds. The number of hydrogen-bond donors (Lipinski definition) is 1. The molecule has 5 nitrogen and oxygen atoms in total. The van der Waals surface area contributed by atoms with Gasteiger partial charge in [0, 0.05) is 10.2 Å². The fourth-order valence-corrected chi connectivity index (χ4v) is 1.99. The topological polar surface area (TPSA) is 64.6 Å². The van der Waals surface area contributed by atoms with E-state index in [1.807, 2.05) is 6.07 Å². The standard InChI is InChI=1S/C17H16BrNO4/c1-12(17(21)19-14-5-3-2-4-6-14)23-16(20)11-22-15-9-7-13(18)8-10-15/h2-10,12H,11H2,1H3,(H,19,21). The number of benzene rings is 2. The van der Waals surface area contributed by atoms with E-state index in [0.717, 1.165) is 4.47 Å². The number of hydrogen-bond acceptors (Lipinski definition) is 4. The van der Waals surface area contributed by atoms with Crippen molar-refractivity contribution in [3.05, 3.63) is 59.1 Å². The zero-order chi connectivity index (χ0) is 16.7. The van der Waals surface area contributed by atoms with Crippen LogP contribution in [0.3, 0.4) is 0 Å². The Balaban J connectivity index is 1.77. The predicted octanol–water partition coefficient (Wildman–Crippen LogP) is 3.40. The number of halogens is 1. The van der Waals surface area contributed by atoms with Crippen molar-refractivity contribution in [2.45, 2.75) is 13.0 Å². The summed E-state index contributed by atoms with van der Waals surface area (Å²) in [5.41, 5.74) is 0.645. The lowest BCUT2D eigenvalue weighted by Gasteiger charge is -2.14. The van der Waals surface area contributed by atoms with Gasteiger partial charge in [0.1, 0.15) is 5.75 Å². The number of anilines is 1. The molecule has 2 aromatic rings. The normalized spacial score (nSPS) is 11.4. The number of ether oxygens (including phenoxy) is 2. The fraction of sp³-hybridized carbons (Fsp3) is 0.176. The molecule has 0 aliphatic rings. The fourth-order valence-electron chi connectivity index (χ4n) is 1.72. The average Bonchev–Trinajstić information content (AvgIpc) is 2.55. The number of rotatable bonds is 6. The largest absolute Gasteiger partial charge is 0.482 e. The molecule has 0 aromatic heterocycles. The summed E-state index contributed by atoms with van der Waals surface area (Å²) in [5, 5.41) is 2.66. The van der Waals surface area contributed by atoms with Gasteiger partial charge in [-0.1, -0.05) is 34.1 Å². The number of carbonyl (C=O) groups excluding carboxylic acids is 2. The molecule has 0 aliphatic heterocycles. The molecule has 0 bridgehead atoms. The maximum absolute atomic E-state index is 11.9. The molecule has 1 atom stereocenters. The first-order valence-electron chi connectivity index (χ1n) is 6.98. The molecular formula is C17H16BrNO4. The Hall–Kier alpha value is -2.34. The summed E-state index contributed by atoms with van der Waals surface area (Å²) in [4.78, 5) is 23.6. The third-order valence-electron chi connectivity index (χ3n) is 2.89. The lowest BCUT2D eigenvalue weighted by atomic mass is 10.3. The Morgan fingerprint density at radius 3 is 2.39 bits per heavy atom. The van der Waals surface area contributed by atoms with Crippen LogP contribution in [0.2, 0.25) is 0 Å². The molecule has 0 radical (unpaired) electrons. The van der Waals surface area contributed by atoms with Crippen LogP contribution in [0.5, 0.6) is 5.75 Å². The third kappa shape index (κ3) is 5.75. The first-order chi connectivity index (χ1) is 11.0. The Morgan fingerprint density at radius 1 is 1.09 bits per heavy atom. The van der Waals surface area contributed by atoms with Crippen molar-refractivity contribution in [2.75, 3.05) is 11.9 Å². The maximum Gasteiger partial charge on any atom is 0.344 e. The zero-order valence-electron chi connectivity index (χ0n) is 12.5. The monoisotopic (exact) mass is 377 g/mol. The second-order valence-electron chi connectivity index (χ2n) is 4.73. The number of para-hydroxylation sites is 1. The van der Waals surface area contributed by atoms with Crippen LogP contribution in [-0.2, 0) is 14.3 Å². The van der Waals surface area contributed by atoms with Crippen LogP contribution in [-0.4, -0.2) is 24.6 Å². The van der Waals surface area contributed by atoms with Crippen LogP contribution in [0.25, 0.3) is 0 Å². The second kappa shape index (κ2) is 8.33. The SMILES string of the molecule is CC(OC(=O)COc1ccc(Br)cc1)C(=O)Nc1ccccc1. The van der Waals surface area contributed by atoms with E-state index in [9.17, 15) is 9.59 Å². The minimum absolute atomic E-state index is 0.259. The maximum atomic E-state index is 11.9. The molecule has 0 fully saturated rings. The van der Waals surface area contributed by atoms with Gasteiger partial charge in [-0.3, -0.25) is 4.79 Å². The molecule has 120 valence electrons. The van der Waals surface area contributed by atoms with Gasteiger partial charge >= 0.3 is 5.97 Å². The molecule has 2 aromatic carbocycles. The Labute approximate surface area is 142 Å². The van der Waals surface area contributed by atoms with Gasteiger partial charge < -0.3 is 14.8 Å². The van der Waals surface area contributed by atoms with Crippen molar-refractivity contribution in [3.63, 3.8) is 0 Å². The second-order valence-corrected chi connectivity index (χ2v) is 5.65. The van der Waals surface area contributed by atoms with Crippen LogP contribution in [0.4, 0.5) is 5.69 Å². The number of amides is 1. The molecule has 23 heavy (non-hydrogen) atoms. The summed E-state index contributed by atoms with van der Waals surface area (Å²) in [6, 6.07) is 16.0.